The number of pyridine rings is 1. The van der Waals surface area contributed by atoms with Gasteiger partial charge in [0, 0.05) is 44.0 Å². The molecule has 2 unspecified atom stereocenters. The van der Waals surface area contributed by atoms with Gasteiger partial charge >= 0.3 is 0 Å². The van der Waals surface area contributed by atoms with Crippen LogP contribution in [0.15, 0.2) is 42.7 Å². The van der Waals surface area contributed by atoms with Crippen LogP contribution in [-0.4, -0.2) is 42.7 Å². The van der Waals surface area contributed by atoms with Crippen LogP contribution in [0, 0.1) is 5.92 Å². The number of rotatable bonds is 4. The van der Waals surface area contributed by atoms with Crippen molar-refractivity contribution in [2.75, 3.05) is 32.8 Å². The van der Waals surface area contributed by atoms with Crippen LogP contribution in [0.4, 0.5) is 0 Å². The third kappa shape index (κ3) is 3.27. The van der Waals surface area contributed by atoms with Crippen molar-refractivity contribution in [3.05, 3.63) is 58.9 Å². The summed E-state index contributed by atoms with van der Waals surface area (Å²) in [7, 11) is 0. The molecule has 1 saturated heterocycles. The van der Waals surface area contributed by atoms with Gasteiger partial charge in [-0.3, -0.25) is 9.88 Å². The molecule has 2 atom stereocenters. The lowest BCUT2D eigenvalue weighted by Crippen LogP contribution is -2.40. The van der Waals surface area contributed by atoms with Gasteiger partial charge in [-0.05, 0) is 17.5 Å². The fourth-order valence-electron chi connectivity index (χ4n) is 3.67. The second-order valence-corrected chi connectivity index (χ2v) is 6.83. The number of morpholine rings is 1. The Morgan fingerprint density at radius 1 is 1.21 bits per heavy atom. The van der Waals surface area contributed by atoms with E-state index < -0.39 is 0 Å². The van der Waals surface area contributed by atoms with E-state index in [9.17, 15) is 0 Å². The number of ether oxygens (including phenoxy) is 2. The Hall–Kier alpha value is -1.62. The number of hydrogen-bond donors (Lipinski definition) is 0. The molecule has 0 amide bonds. The molecular weight excluding hydrogens is 324 g/mol. The maximum Gasteiger partial charge on any atom is 0.141 e. The predicted molar refractivity (Wildman–Crippen MR) is 93.5 cm³/mol. The van der Waals surface area contributed by atoms with Gasteiger partial charge in [-0.2, -0.15) is 0 Å². The van der Waals surface area contributed by atoms with E-state index >= 15 is 0 Å². The Balaban J connectivity index is 1.57. The van der Waals surface area contributed by atoms with Crippen molar-refractivity contribution >= 4 is 11.6 Å². The highest BCUT2D eigenvalue weighted by Gasteiger charge is 2.35. The van der Waals surface area contributed by atoms with Gasteiger partial charge in [0.1, 0.15) is 16.9 Å². The first-order valence-electron chi connectivity index (χ1n) is 8.45. The number of fused-ring (bicyclic) bond motifs is 1. The molecule has 2 aromatic rings. The van der Waals surface area contributed by atoms with Crippen molar-refractivity contribution < 1.29 is 9.47 Å². The number of halogens is 1. The van der Waals surface area contributed by atoms with Crippen molar-refractivity contribution in [2.24, 2.45) is 5.92 Å². The van der Waals surface area contributed by atoms with Crippen LogP contribution in [0.2, 0.25) is 5.02 Å². The number of aromatic nitrogens is 1. The van der Waals surface area contributed by atoms with Gasteiger partial charge in [0.25, 0.3) is 0 Å². The van der Waals surface area contributed by atoms with E-state index in [1.165, 1.54) is 11.1 Å². The molecule has 1 aliphatic carbocycles. The van der Waals surface area contributed by atoms with Crippen LogP contribution in [0.3, 0.4) is 0 Å². The molecule has 126 valence electrons. The normalized spacial score (nSPS) is 23.9. The molecule has 0 bridgehead atoms. The number of benzene rings is 1. The van der Waals surface area contributed by atoms with Crippen LogP contribution >= 0.6 is 11.6 Å². The zero-order valence-electron chi connectivity index (χ0n) is 13.5. The van der Waals surface area contributed by atoms with Crippen molar-refractivity contribution in [3.63, 3.8) is 0 Å². The van der Waals surface area contributed by atoms with Gasteiger partial charge in [-0.15, -0.1) is 0 Å². The summed E-state index contributed by atoms with van der Waals surface area (Å²) in [6.45, 7) is 4.65. The number of hydrogen-bond acceptors (Lipinski definition) is 4. The molecule has 1 aromatic heterocycles. The lowest BCUT2D eigenvalue weighted by Gasteiger charge is -2.31. The summed E-state index contributed by atoms with van der Waals surface area (Å²) >= 11 is 6.25. The highest BCUT2D eigenvalue weighted by atomic mass is 35.5. The molecule has 1 aromatic carbocycles. The maximum absolute atomic E-state index is 6.36. The maximum atomic E-state index is 6.36. The Labute approximate surface area is 147 Å². The standard InChI is InChI=1S/C19H21ClN2O2/c20-17-12-21-6-5-18(17)24-19-15(13-22-7-9-23-10-8-22)11-14-3-1-2-4-16(14)19/h1-6,12,15,19H,7-11,13H2. The average molecular weight is 345 g/mol. The summed E-state index contributed by atoms with van der Waals surface area (Å²) in [4.78, 5) is 6.52. The Kier molecular flexibility index (Phi) is 4.69. The van der Waals surface area contributed by atoms with E-state index in [1.54, 1.807) is 12.4 Å². The first kappa shape index (κ1) is 15.9. The van der Waals surface area contributed by atoms with Crippen molar-refractivity contribution in [2.45, 2.75) is 12.5 Å². The molecule has 0 radical (unpaired) electrons. The second-order valence-electron chi connectivity index (χ2n) is 6.42. The minimum absolute atomic E-state index is 0.0314. The Bertz CT molecular complexity index is 703. The van der Waals surface area contributed by atoms with E-state index in [-0.39, 0.29) is 6.10 Å². The Morgan fingerprint density at radius 3 is 2.88 bits per heavy atom. The largest absolute Gasteiger partial charge is 0.484 e. The first-order chi connectivity index (χ1) is 11.8. The molecular formula is C19H21ClN2O2. The van der Waals surface area contributed by atoms with Gasteiger partial charge in [0.2, 0.25) is 0 Å². The van der Waals surface area contributed by atoms with E-state index in [1.807, 2.05) is 6.07 Å². The van der Waals surface area contributed by atoms with Crippen LogP contribution in [0.5, 0.6) is 5.75 Å². The molecule has 2 heterocycles. The van der Waals surface area contributed by atoms with Crippen molar-refractivity contribution in [1.82, 2.24) is 9.88 Å². The van der Waals surface area contributed by atoms with E-state index in [4.69, 9.17) is 21.1 Å². The van der Waals surface area contributed by atoms with Crippen LogP contribution in [0.25, 0.3) is 0 Å². The second kappa shape index (κ2) is 7.09. The third-order valence-electron chi connectivity index (χ3n) is 4.86. The van der Waals surface area contributed by atoms with Crippen LogP contribution in [-0.2, 0) is 11.2 Å². The average Bonchev–Trinajstić information content (AvgIpc) is 2.95. The fourth-order valence-corrected chi connectivity index (χ4v) is 3.84. The SMILES string of the molecule is Clc1cnccc1OC1c2ccccc2CC1CN1CCOCC1. The van der Waals surface area contributed by atoms with Crippen LogP contribution in [0.1, 0.15) is 17.2 Å². The van der Waals surface area contributed by atoms with E-state index in [0.29, 0.717) is 16.7 Å². The smallest absolute Gasteiger partial charge is 0.141 e. The highest BCUT2D eigenvalue weighted by molar-refractivity contribution is 6.31. The predicted octanol–water partition coefficient (Wildman–Crippen LogP) is 3.36. The molecule has 4 rings (SSSR count). The molecule has 0 N–H and O–H groups in total. The summed E-state index contributed by atoms with van der Waals surface area (Å²) in [5.74, 6) is 1.13. The molecule has 5 heteroatoms. The van der Waals surface area contributed by atoms with Gasteiger partial charge in [-0.25, -0.2) is 0 Å². The first-order valence-corrected chi connectivity index (χ1v) is 8.83. The molecule has 24 heavy (non-hydrogen) atoms. The zero-order chi connectivity index (χ0) is 16.4. The van der Waals surface area contributed by atoms with Gasteiger partial charge in [0.15, 0.2) is 0 Å². The molecule has 1 aliphatic heterocycles. The molecule has 0 spiro atoms. The summed E-state index contributed by atoms with van der Waals surface area (Å²) < 4.78 is 11.8. The van der Waals surface area contributed by atoms with E-state index in [0.717, 1.165) is 39.3 Å². The topological polar surface area (TPSA) is 34.6 Å². The summed E-state index contributed by atoms with van der Waals surface area (Å²) in [5, 5.41) is 0.562. The quantitative estimate of drug-likeness (QED) is 0.851. The molecule has 4 nitrogen and oxygen atoms in total. The van der Waals surface area contributed by atoms with E-state index in [2.05, 4.69) is 34.1 Å². The summed E-state index contributed by atoms with van der Waals surface area (Å²) in [6, 6.07) is 10.4. The molecule has 1 fully saturated rings. The van der Waals surface area contributed by atoms with Gasteiger partial charge < -0.3 is 9.47 Å². The number of nitrogens with zero attached hydrogens (tertiary/aromatic N) is 2. The minimum atomic E-state index is 0.0314. The van der Waals surface area contributed by atoms with Crippen LogP contribution < -0.4 is 4.74 Å². The van der Waals surface area contributed by atoms with Crippen molar-refractivity contribution in [1.29, 1.82) is 0 Å². The highest BCUT2D eigenvalue weighted by Crippen LogP contribution is 2.41. The Morgan fingerprint density at radius 2 is 2.04 bits per heavy atom. The molecule has 0 saturated carbocycles. The third-order valence-corrected chi connectivity index (χ3v) is 5.14. The summed E-state index contributed by atoms with van der Waals surface area (Å²) in [5.41, 5.74) is 2.66. The monoisotopic (exact) mass is 344 g/mol. The summed E-state index contributed by atoms with van der Waals surface area (Å²) in [6.07, 6.45) is 4.43. The van der Waals surface area contributed by atoms with Gasteiger partial charge in [0.05, 0.1) is 13.2 Å². The van der Waals surface area contributed by atoms with Gasteiger partial charge in [-0.1, -0.05) is 35.9 Å². The fraction of sp³-hybridized carbons (Fsp3) is 0.421. The minimum Gasteiger partial charge on any atom is -0.484 e. The molecule has 2 aliphatic rings. The van der Waals surface area contributed by atoms with Crippen molar-refractivity contribution in [3.8, 4) is 5.75 Å². The zero-order valence-corrected chi connectivity index (χ0v) is 14.3. The lowest BCUT2D eigenvalue weighted by molar-refractivity contribution is 0.0192. The lowest BCUT2D eigenvalue weighted by atomic mass is 10.0.